The van der Waals surface area contributed by atoms with Gasteiger partial charge in [-0.2, -0.15) is 0 Å². The molecule has 0 aromatic heterocycles. The Balaban J connectivity index is 1.96. The van der Waals surface area contributed by atoms with Crippen LogP contribution in [0.2, 0.25) is 0 Å². The molecule has 2 heterocycles. The van der Waals surface area contributed by atoms with Crippen molar-refractivity contribution >= 4 is 0 Å². The largest absolute Gasteiger partial charge is 0.298 e. The van der Waals surface area contributed by atoms with Gasteiger partial charge in [-0.25, -0.2) is 0 Å². The summed E-state index contributed by atoms with van der Waals surface area (Å²) in [5, 5.41) is 0. The van der Waals surface area contributed by atoms with E-state index in [0.717, 1.165) is 31.0 Å². The van der Waals surface area contributed by atoms with E-state index in [4.69, 9.17) is 0 Å². The van der Waals surface area contributed by atoms with E-state index in [2.05, 4.69) is 35.5 Å². The van der Waals surface area contributed by atoms with Gasteiger partial charge in [-0.3, -0.25) is 9.80 Å². The van der Waals surface area contributed by atoms with Crippen LogP contribution in [0.25, 0.3) is 0 Å². The number of hydrogen-bond acceptors (Lipinski definition) is 2. The molecule has 96 valence electrons. The maximum atomic E-state index is 3.21. The molecule has 2 unspecified atom stereocenters. The molecular formula is C15H26N2. The Hall–Kier alpha value is -0.520. The van der Waals surface area contributed by atoms with Gasteiger partial charge in [0.05, 0.1) is 0 Å². The molecule has 0 aliphatic carbocycles. The zero-order chi connectivity index (χ0) is 12.3. The Morgan fingerprint density at radius 3 is 2.82 bits per heavy atom. The molecule has 2 fully saturated rings. The molecule has 0 N–H and O–H groups in total. The van der Waals surface area contributed by atoms with Gasteiger partial charge >= 0.3 is 0 Å². The molecule has 2 heteroatoms. The topological polar surface area (TPSA) is 6.48 Å². The lowest BCUT2D eigenvalue weighted by molar-refractivity contribution is 0.0310. The third kappa shape index (κ3) is 3.03. The van der Waals surface area contributed by atoms with Gasteiger partial charge in [-0.05, 0) is 32.2 Å². The van der Waals surface area contributed by atoms with Crippen LogP contribution in [-0.4, -0.2) is 48.1 Å². The molecule has 2 nitrogen and oxygen atoms in total. The van der Waals surface area contributed by atoms with Gasteiger partial charge in [0.15, 0.2) is 0 Å². The first kappa shape index (κ1) is 12.9. The number of hydrogen-bond donors (Lipinski definition) is 0. The highest BCUT2D eigenvalue weighted by atomic mass is 15.3. The van der Waals surface area contributed by atoms with Gasteiger partial charge in [-0.1, -0.05) is 13.8 Å². The highest BCUT2D eigenvalue weighted by Gasteiger charge is 2.36. The predicted molar refractivity (Wildman–Crippen MR) is 72.9 cm³/mol. The van der Waals surface area contributed by atoms with Gasteiger partial charge in [0.1, 0.15) is 0 Å². The fourth-order valence-electron chi connectivity index (χ4n) is 3.32. The lowest BCUT2D eigenvalue weighted by Gasteiger charge is -2.45. The van der Waals surface area contributed by atoms with Crippen LogP contribution < -0.4 is 0 Å². The quantitative estimate of drug-likeness (QED) is 0.691. The van der Waals surface area contributed by atoms with E-state index < -0.39 is 0 Å². The van der Waals surface area contributed by atoms with Crippen molar-refractivity contribution in [3.05, 3.63) is 0 Å². The standard InChI is InChI=1S/C15H26N2/c1-4-5-6-9-17-11-14-8-7-10-16(14)12-15(17)13(2)3/h13-15H,6-12H2,1-3H3. The van der Waals surface area contributed by atoms with E-state index in [1.165, 1.54) is 32.5 Å². The van der Waals surface area contributed by atoms with E-state index in [9.17, 15) is 0 Å². The SMILES string of the molecule is CC#CCCN1CC2CCCN2CC1C(C)C. The maximum absolute atomic E-state index is 3.21. The van der Waals surface area contributed by atoms with Crippen LogP contribution in [0.1, 0.15) is 40.0 Å². The summed E-state index contributed by atoms with van der Waals surface area (Å²) in [6.45, 7) is 11.7. The molecule has 2 aliphatic heterocycles. The van der Waals surface area contributed by atoms with Crippen molar-refractivity contribution in [3.8, 4) is 11.8 Å². The van der Waals surface area contributed by atoms with Gasteiger partial charge in [0.2, 0.25) is 0 Å². The Bertz CT molecular complexity index is 300. The molecule has 0 saturated carbocycles. The van der Waals surface area contributed by atoms with Crippen LogP contribution in [-0.2, 0) is 0 Å². The summed E-state index contributed by atoms with van der Waals surface area (Å²) in [4.78, 5) is 5.41. The second-order valence-corrected chi connectivity index (χ2v) is 5.77. The monoisotopic (exact) mass is 234 g/mol. The summed E-state index contributed by atoms with van der Waals surface area (Å²) >= 11 is 0. The van der Waals surface area contributed by atoms with Crippen LogP contribution >= 0.6 is 0 Å². The van der Waals surface area contributed by atoms with E-state index in [-0.39, 0.29) is 0 Å². The molecule has 2 rings (SSSR count). The second-order valence-electron chi connectivity index (χ2n) is 5.77. The minimum atomic E-state index is 0.739. The van der Waals surface area contributed by atoms with Gasteiger partial charge in [0.25, 0.3) is 0 Å². The first-order valence-electron chi connectivity index (χ1n) is 7.10. The zero-order valence-electron chi connectivity index (χ0n) is 11.6. The van der Waals surface area contributed by atoms with E-state index in [1.54, 1.807) is 0 Å². The lowest BCUT2D eigenvalue weighted by Crippen LogP contribution is -2.57. The maximum Gasteiger partial charge on any atom is 0.0247 e. The summed E-state index contributed by atoms with van der Waals surface area (Å²) < 4.78 is 0. The van der Waals surface area contributed by atoms with Gasteiger partial charge < -0.3 is 0 Å². The van der Waals surface area contributed by atoms with Crippen molar-refractivity contribution in [3.63, 3.8) is 0 Å². The molecule has 2 aliphatic rings. The summed E-state index contributed by atoms with van der Waals surface area (Å²) in [7, 11) is 0. The summed E-state index contributed by atoms with van der Waals surface area (Å²) in [6.07, 6.45) is 3.84. The molecule has 0 bridgehead atoms. The van der Waals surface area contributed by atoms with Crippen LogP contribution in [0.3, 0.4) is 0 Å². The molecule has 2 atom stereocenters. The third-order valence-corrected chi connectivity index (χ3v) is 4.31. The van der Waals surface area contributed by atoms with E-state index in [1.807, 2.05) is 6.92 Å². The number of rotatable bonds is 3. The first-order valence-corrected chi connectivity index (χ1v) is 7.10. The van der Waals surface area contributed by atoms with Crippen LogP contribution in [0.5, 0.6) is 0 Å². The van der Waals surface area contributed by atoms with Crippen molar-refractivity contribution in [2.24, 2.45) is 5.92 Å². The minimum Gasteiger partial charge on any atom is -0.298 e. The molecule has 2 saturated heterocycles. The highest BCUT2D eigenvalue weighted by molar-refractivity contribution is 4.98. The van der Waals surface area contributed by atoms with Gasteiger partial charge in [0, 0.05) is 38.1 Å². The summed E-state index contributed by atoms with van der Waals surface area (Å²) in [5.41, 5.74) is 0. The fraction of sp³-hybridized carbons (Fsp3) is 0.867. The van der Waals surface area contributed by atoms with Crippen molar-refractivity contribution < 1.29 is 0 Å². The number of piperazine rings is 1. The van der Waals surface area contributed by atoms with E-state index >= 15 is 0 Å². The molecule has 0 radical (unpaired) electrons. The summed E-state index contributed by atoms with van der Waals surface area (Å²) in [5.74, 6) is 6.98. The zero-order valence-corrected chi connectivity index (χ0v) is 11.6. The Labute approximate surface area is 106 Å². The fourth-order valence-corrected chi connectivity index (χ4v) is 3.32. The van der Waals surface area contributed by atoms with Crippen LogP contribution in [0.15, 0.2) is 0 Å². The molecule has 0 aromatic rings. The second kappa shape index (κ2) is 5.89. The van der Waals surface area contributed by atoms with Crippen molar-refractivity contribution in [1.82, 2.24) is 9.80 Å². The van der Waals surface area contributed by atoms with Crippen LogP contribution in [0, 0.1) is 17.8 Å². The Kier molecular flexibility index (Phi) is 4.48. The predicted octanol–water partition coefficient (Wildman–Crippen LogP) is 2.20. The molecule has 0 amide bonds. The highest BCUT2D eigenvalue weighted by Crippen LogP contribution is 2.27. The average Bonchev–Trinajstić information content (AvgIpc) is 2.75. The Morgan fingerprint density at radius 1 is 1.29 bits per heavy atom. The van der Waals surface area contributed by atoms with Crippen LogP contribution in [0.4, 0.5) is 0 Å². The van der Waals surface area contributed by atoms with Crippen molar-refractivity contribution in [1.29, 1.82) is 0 Å². The molecule has 0 aromatic carbocycles. The van der Waals surface area contributed by atoms with Gasteiger partial charge in [-0.15, -0.1) is 11.8 Å². The van der Waals surface area contributed by atoms with E-state index in [0.29, 0.717) is 0 Å². The summed E-state index contributed by atoms with van der Waals surface area (Å²) in [6, 6.07) is 1.57. The number of fused-ring (bicyclic) bond motifs is 1. The molecule has 17 heavy (non-hydrogen) atoms. The number of nitrogens with zero attached hydrogens (tertiary/aromatic N) is 2. The molecular weight excluding hydrogens is 208 g/mol. The Morgan fingerprint density at radius 2 is 2.12 bits per heavy atom. The third-order valence-electron chi connectivity index (χ3n) is 4.31. The minimum absolute atomic E-state index is 0.739. The first-order chi connectivity index (χ1) is 8.22. The molecule has 0 spiro atoms. The van der Waals surface area contributed by atoms with Crippen molar-refractivity contribution in [2.45, 2.75) is 52.1 Å². The lowest BCUT2D eigenvalue weighted by atomic mass is 9.97. The average molecular weight is 234 g/mol. The normalized spacial score (nSPS) is 30.1. The van der Waals surface area contributed by atoms with Crippen molar-refractivity contribution in [2.75, 3.05) is 26.2 Å². The smallest absolute Gasteiger partial charge is 0.0247 e.